The molecule has 4 atom stereocenters. The number of carbonyl (C=O) groups is 3. The van der Waals surface area contributed by atoms with Crippen LogP contribution < -0.4 is 11.1 Å². The molecule has 0 bridgehead atoms. The highest BCUT2D eigenvalue weighted by atomic mass is 35.5. The lowest BCUT2D eigenvalue weighted by molar-refractivity contribution is -0.147. The summed E-state index contributed by atoms with van der Waals surface area (Å²) in [6, 6.07) is -1.34. The Morgan fingerprint density at radius 3 is 1.77 bits per heavy atom. The minimum absolute atomic E-state index is 0. The van der Waals surface area contributed by atoms with Crippen molar-refractivity contribution in [3.8, 4) is 0 Å². The van der Waals surface area contributed by atoms with E-state index in [-0.39, 0.29) is 27.9 Å². The second-order valence-corrected chi connectivity index (χ2v) is 12.3. The molecule has 35 heavy (non-hydrogen) atoms. The van der Waals surface area contributed by atoms with E-state index in [9.17, 15) is 14.4 Å². The van der Waals surface area contributed by atoms with Gasteiger partial charge < -0.3 is 20.9 Å². The standard InChI is InChI=1S/C14H27NO3S.C11H23NO2S.ClH/c1-5-8-9-10-14(4,19-7-3)12(15-11-16)13(17)18-6-2;1-4-6-7-8-11(3,15-5-2)9(12)10(13)14;/h11-12H,5-10H2,1-4H3,(H,15,16);9H,4-8,12H2,1-3H3,(H,13,14);1H. The van der Waals surface area contributed by atoms with Gasteiger partial charge in [0.05, 0.1) is 6.61 Å². The summed E-state index contributed by atoms with van der Waals surface area (Å²) >= 11 is 3.37. The lowest BCUT2D eigenvalue weighted by Crippen LogP contribution is -2.52. The Balaban J connectivity index is -0.000000584. The fourth-order valence-corrected chi connectivity index (χ4v) is 6.28. The maximum Gasteiger partial charge on any atom is 0.330 e. The third-order valence-electron chi connectivity index (χ3n) is 5.79. The SMILES string of the molecule is CCCCCC(C)(SCC)C(N)C(=O)O.CCCCCC(C)(SCC)C(NC=O)C(=O)OCC.Cl. The van der Waals surface area contributed by atoms with E-state index in [2.05, 4.69) is 26.1 Å². The minimum atomic E-state index is -0.894. The van der Waals surface area contributed by atoms with Crippen LogP contribution in [0.1, 0.15) is 99.8 Å². The van der Waals surface area contributed by atoms with Crippen molar-refractivity contribution in [2.45, 2.75) is 121 Å². The molecule has 0 aromatic heterocycles. The fourth-order valence-electron chi connectivity index (χ4n) is 3.78. The van der Waals surface area contributed by atoms with E-state index in [1.807, 2.05) is 20.8 Å². The normalized spacial score (nSPS) is 15.7. The number of carbonyl (C=O) groups excluding carboxylic acids is 2. The number of hydrogen-bond acceptors (Lipinski definition) is 7. The smallest absolute Gasteiger partial charge is 0.330 e. The van der Waals surface area contributed by atoms with Gasteiger partial charge in [0.25, 0.3) is 0 Å². The predicted molar refractivity (Wildman–Crippen MR) is 154 cm³/mol. The summed E-state index contributed by atoms with van der Waals surface area (Å²) in [7, 11) is 0. The largest absolute Gasteiger partial charge is 0.480 e. The van der Waals surface area contributed by atoms with Crippen molar-refractivity contribution in [3.63, 3.8) is 0 Å². The first-order chi connectivity index (χ1) is 16.0. The lowest BCUT2D eigenvalue weighted by Gasteiger charge is -2.35. The van der Waals surface area contributed by atoms with Crippen molar-refractivity contribution in [3.05, 3.63) is 0 Å². The number of halogens is 1. The van der Waals surface area contributed by atoms with Crippen LogP contribution in [0.25, 0.3) is 0 Å². The zero-order valence-corrected chi connectivity index (χ0v) is 25.3. The molecule has 0 saturated heterocycles. The number of rotatable bonds is 19. The van der Waals surface area contributed by atoms with Gasteiger partial charge in [-0.25, -0.2) is 4.79 Å². The van der Waals surface area contributed by atoms with Crippen molar-refractivity contribution in [1.29, 1.82) is 0 Å². The van der Waals surface area contributed by atoms with Gasteiger partial charge in [0.1, 0.15) is 12.1 Å². The molecular weight excluding hydrogens is 508 g/mol. The quantitative estimate of drug-likeness (QED) is 0.105. The van der Waals surface area contributed by atoms with Gasteiger partial charge in [-0.05, 0) is 45.1 Å². The number of unbranched alkanes of at least 4 members (excludes halogenated alkanes) is 4. The highest BCUT2D eigenvalue weighted by Gasteiger charge is 2.40. The molecule has 4 unspecified atom stereocenters. The number of esters is 1. The van der Waals surface area contributed by atoms with Crippen molar-refractivity contribution in [2.24, 2.45) is 5.73 Å². The van der Waals surface area contributed by atoms with Crippen LogP contribution in [0.15, 0.2) is 0 Å². The molecule has 10 heteroatoms. The molecule has 0 aliphatic rings. The molecule has 4 N–H and O–H groups in total. The molecule has 210 valence electrons. The topological polar surface area (TPSA) is 119 Å². The zero-order chi connectivity index (χ0) is 26.6. The first-order valence-electron chi connectivity index (χ1n) is 12.7. The van der Waals surface area contributed by atoms with Gasteiger partial charge in [-0.15, -0.1) is 12.4 Å². The summed E-state index contributed by atoms with van der Waals surface area (Å²) in [6.07, 6.45) is 9.04. The van der Waals surface area contributed by atoms with Crippen molar-refractivity contribution in [1.82, 2.24) is 5.32 Å². The molecule has 0 heterocycles. The van der Waals surface area contributed by atoms with Gasteiger partial charge in [-0.2, -0.15) is 23.5 Å². The molecule has 1 amide bonds. The number of aliphatic carboxylic acids is 1. The first kappa shape index (κ1) is 38.9. The molecule has 0 saturated carbocycles. The van der Waals surface area contributed by atoms with E-state index in [1.165, 1.54) is 0 Å². The van der Waals surface area contributed by atoms with Gasteiger partial charge in [0.15, 0.2) is 0 Å². The maximum atomic E-state index is 12.0. The number of hydrogen-bond donors (Lipinski definition) is 3. The first-order valence-corrected chi connectivity index (χ1v) is 14.6. The Labute approximate surface area is 228 Å². The highest BCUT2D eigenvalue weighted by molar-refractivity contribution is 8.00. The predicted octanol–water partition coefficient (Wildman–Crippen LogP) is 5.67. The van der Waals surface area contributed by atoms with Crippen LogP contribution in [0, 0.1) is 0 Å². The Bertz CT molecular complexity index is 574. The third kappa shape index (κ3) is 15.9. The summed E-state index contributed by atoms with van der Waals surface area (Å²) in [5.74, 6) is 0.576. The molecule has 7 nitrogen and oxygen atoms in total. The molecule has 0 spiro atoms. The fraction of sp³-hybridized carbons (Fsp3) is 0.880. The molecule has 0 aliphatic heterocycles. The Morgan fingerprint density at radius 1 is 0.943 bits per heavy atom. The van der Waals surface area contributed by atoms with Crippen LogP contribution >= 0.6 is 35.9 Å². The Hall–Kier alpha value is -0.640. The molecular formula is C25H51ClN2O5S2. The van der Waals surface area contributed by atoms with E-state index in [0.717, 1.165) is 62.9 Å². The molecule has 0 radical (unpaired) electrons. The van der Waals surface area contributed by atoms with Gasteiger partial charge >= 0.3 is 11.9 Å². The van der Waals surface area contributed by atoms with E-state index >= 15 is 0 Å². The number of nitrogens with one attached hydrogen (secondary N) is 1. The number of ether oxygens (including phenoxy) is 1. The van der Waals surface area contributed by atoms with Crippen LogP contribution in [0.5, 0.6) is 0 Å². The molecule has 0 aromatic carbocycles. The number of carboxylic acid groups (broad SMARTS) is 1. The maximum absolute atomic E-state index is 12.0. The van der Waals surface area contributed by atoms with Crippen LogP contribution in [0.4, 0.5) is 0 Å². The van der Waals surface area contributed by atoms with E-state index in [0.29, 0.717) is 13.0 Å². The van der Waals surface area contributed by atoms with Crippen molar-refractivity contribution in [2.75, 3.05) is 18.1 Å². The van der Waals surface area contributed by atoms with Crippen molar-refractivity contribution < 1.29 is 24.2 Å². The van der Waals surface area contributed by atoms with Gasteiger partial charge in [-0.3, -0.25) is 9.59 Å². The monoisotopic (exact) mass is 558 g/mol. The van der Waals surface area contributed by atoms with Crippen LogP contribution in [0.3, 0.4) is 0 Å². The zero-order valence-electron chi connectivity index (χ0n) is 22.9. The second kappa shape index (κ2) is 22.5. The molecule has 0 rings (SSSR count). The van der Waals surface area contributed by atoms with Gasteiger partial charge in [0.2, 0.25) is 6.41 Å². The number of nitrogens with two attached hydrogens (primary N) is 1. The number of carboxylic acids is 1. The van der Waals surface area contributed by atoms with Crippen molar-refractivity contribution >= 4 is 54.3 Å². The van der Waals surface area contributed by atoms with Crippen LogP contribution in [0.2, 0.25) is 0 Å². The summed E-state index contributed by atoms with van der Waals surface area (Å²) in [4.78, 5) is 33.7. The summed E-state index contributed by atoms with van der Waals surface area (Å²) in [5.41, 5.74) is 5.74. The molecule has 0 aliphatic carbocycles. The van der Waals surface area contributed by atoms with Gasteiger partial charge in [-0.1, -0.05) is 66.2 Å². The lowest BCUT2D eigenvalue weighted by atomic mass is 9.94. The Morgan fingerprint density at radius 2 is 1.40 bits per heavy atom. The molecule has 0 fully saturated rings. The van der Waals surface area contributed by atoms with Crippen LogP contribution in [-0.4, -0.2) is 63.1 Å². The highest BCUT2D eigenvalue weighted by Crippen LogP contribution is 2.35. The summed E-state index contributed by atoms with van der Waals surface area (Å²) in [5, 5.41) is 11.6. The summed E-state index contributed by atoms with van der Waals surface area (Å²) in [6.45, 7) is 14.5. The summed E-state index contributed by atoms with van der Waals surface area (Å²) < 4.78 is 4.45. The Kier molecular flexibility index (Phi) is 25.1. The molecule has 0 aromatic rings. The minimum Gasteiger partial charge on any atom is -0.480 e. The van der Waals surface area contributed by atoms with E-state index < -0.39 is 18.1 Å². The van der Waals surface area contributed by atoms with Gasteiger partial charge in [0, 0.05) is 9.49 Å². The second-order valence-electron chi connectivity index (χ2n) is 8.69. The average molecular weight is 559 g/mol. The number of amides is 1. The van der Waals surface area contributed by atoms with E-state index in [1.54, 1.807) is 30.4 Å². The third-order valence-corrected chi connectivity index (χ3v) is 8.59. The number of thioether (sulfide) groups is 2. The van der Waals surface area contributed by atoms with Crippen LogP contribution in [-0.2, 0) is 19.1 Å². The average Bonchev–Trinajstić information content (AvgIpc) is 2.78. The van der Waals surface area contributed by atoms with E-state index in [4.69, 9.17) is 15.6 Å².